The minimum absolute atomic E-state index is 0.00565. The molecular formula is C24H22N8O6. The summed E-state index contributed by atoms with van der Waals surface area (Å²) in [5.41, 5.74) is 13.2. The Kier molecular flexibility index (Phi) is 7.07. The van der Waals surface area contributed by atoms with E-state index in [0.717, 1.165) is 0 Å². The molecule has 14 heteroatoms. The van der Waals surface area contributed by atoms with Gasteiger partial charge in [0.15, 0.2) is 17.7 Å². The van der Waals surface area contributed by atoms with Crippen LogP contribution in [0.5, 0.6) is 17.2 Å². The Morgan fingerprint density at radius 2 is 1.89 bits per heavy atom. The molecule has 0 saturated heterocycles. The number of carbonyl (C=O) groups is 1. The topological polar surface area (TPSA) is 216 Å². The van der Waals surface area contributed by atoms with Crippen molar-refractivity contribution in [2.24, 2.45) is 4.99 Å². The van der Waals surface area contributed by atoms with Gasteiger partial charge in [0.1, 0.15) is 41.7 Å². The number of nitriles is 2. The van der Waals surface area contributed by atoms with Crippen LogP contribution >= 0.6 is 0 Å². The first-order chi connectivity index (χ1) is 18.3. The number of rotatable bonds is 7. The summed E-state index contributed by atoms with van der Waals surface area (Å²) in [6.45, 7) is -0.0463. The number of anilines is 3. The normalized spacial score (nSPS) is 13.6. The predicted molar refractivity (Wildman–Crippen MR) is 133 cm³/mol. The van der Waals surface area contributed by atoms with Crippen molar-refractivity contribution in [1.29, 1.82) is 10.5 Å². The van der Waals surface area contributed by atoms with Gasteiger partial charge in [-0.25, -0.2) is 14.8 Å². The maximum absolute atomic E-state index is 11.7. The van der Waals surface area contributed by atoms with Gasteiger partial charge in [-0.3, -0.25) is 5.32 Å². The van der Waals surface area contributed by atoms with Crippen molar-refractivity contribution in [3.05, 3.63) is 52.5 Å². The zero-order valence-electron chi connectivity index (χ0n) is 20.5. The quantitative estimate of drug-likeness (QED) is 0.200. The number of ether oxygens (including phenoxy) is 4. The van der Waals surface area contributed by atoms with Gasteiger partial charge in [0.25, 0.3) is 0 Å². The fraction of sp³-hybridized carbons (Fsp3) is 0.208. The van der Waals surface area contributed by atoms with Crippen LogP contribution in [-0.4, -0.2) is 38.2 Å². The fourth-order valence-corrected chi connectivity index (χ4v) is 3.83. The van der Waals surface area contributed by atoms with E-state index in [0.29, 0.717) is 16.9 Å². The summed E-state index contributed by atoms with van der Waals surface area (Å²) in [7, 11) is 4.14. The first-order valence-electron chi connectivity index (χ1n) is 10.9. The first kappa shape index (κ1) is 25.5. The number of furan rings is 1. The van der Waals surface area contributed by atoms with Crippen LogP contribution < -0.4 is 36.3 Å². The van der Waals surface area contributed by atoms with Crippen LogP contribution in [0.25, 0.3) is 0 Å². The third-order valence-electron chi connectivity index (χ3n) is 5.56. The van der Waals surface area contributed by atoms with Crippen molar-refractivity contribution in [2.75, 3.05) is 38.1 Å². The molecule has 0 bridgehead atoms. The summed E-state index contributed by atoms with van der Waals surface area (Å²) in [4.78, 5) is 20.4. The standard InChI is InChI=1S/C24H22N8O6/c1-34-15-6-11(7-16(35-2)20(15)37-9-12-4-5-14(38-12)23(33)36-3)19-17-18(27)13(8-25)21(28)31-22(17)32-24(30-19)29-10-26/h4-7,19H,9H2,1-3H3,(H6,27,28,29,30,31,32). The second kappa shape index (κ2) is 10.5. The first-order valence-corrected chi connectivity index (χ1v) is 10.9. The number of fused-ring (bicyclic) bond motifs is 1. The van der Waals surface area contributed by atoms with Crippen LogP contribution in [0.15, 0.2) is 33.7 Å². The van der Waals surface area contributed by atoms with Crippen LogP contribution in [0.1, 0.15) is 39.0 Å². The highest BCUT2D eigenvalue weighted by Gasteiger charge is 2.31. The van der Waals surface area contributed by atoms with E-state index in [1.54, 1.807) is 24.4 Å². The lowest BCUT2D eigenvalue weighted by Gasteiger charge is -2.27. The Morgan fingerprint density at radius 3 is 2.50 bits per heavy atom. The average molecular weight is 518 g/mol. The number of esters is 1. The predicted octanol–water partition coefficient (Wildman–Crippen LogP) is 2.04. The number of aliphatic imine (C=N–C) groups is 1. The third-order valence-corrected chi connectivity index (χ3v) is 5.56. The van der Waals surface area contributed by atoms with E-state index < -0.39 is 12.0 Å². The van der Waals surface area contributed by atoms with Crippen LogP contribution in [0.2, 0.25) is 0 Å². The molecule has 1 aliphatic heterocycles. The second-order valence-corrected chi connectivity index (χ2v) is 7.70. The van der Waals surface area contributed by atoms with E-state index in [1.807, 2.05) is 6.07 Å². The number of hydrogen-bond donors (Lipinski definition) is 4. The molecule has 38 heavy (non-hydrogen) atoms. The molecule has 194 valence electrons. The zero-order chi connectivity index (χ0) is 27.4. The molecule has 14 nitrogen and oxygen atoms in total. The highest BCUT2D eigenvalue weighted by molar-refractivity contribution is 5.98. The number of nitrogen functional groups attached to an aromatic ring is 2. The fourth-order valence-electron chi connectivity index (χ4n) is 3.83. The number of nitrogens with one attached hydrogen (secondary N) is 2. The third kappa shape index (κ3) is 4.61. The molecule has 1 aliphatic rings. The van der Waals surface area contributed by atoms with Crippen molar-refractivity contribution in [3.63, 3.8) is 0 Å². The van der Waals surface area contributed by atoms with Gasteiger partial charge in [-0.15, -0.1) is 0 Å². The lowest BCUT2D eigenvalue weighted by Crippen LogP contribution is -2.32. The molecule has 1 atom stereocenters. The number of methoxy groups -OCH3 is 3. The molecule has 1 aromatic carbocycles. The Balaban J connectivity index is 1.76. The molecule has 3 heterocycles. The smallest absolute Gasteiger partial charge is 0.373 e. The molecule has 6 N–H and O–H groups in total. The molecule has 4 rings (SSSR count). The molecule has 0 spiro atoms. The SMILES string of the molecule is COC(=O)c1ccc(COc2c(OC)cc(C3N=C(NC#N)Nc4nc(N)c(C#N)c(N)c43)cc2OC)o1. The number of nitrogens with two attached hydrogens (primary N) is 2. The van der Waals surface area contributed by atoms with E-state index >= 15 is 0 Å². The maximum Gasteiger partial charge on any atom is 0.373 e. The van der Waals surface area contributed by atoms with Gasteiger partial charge in [-0.2, -0.15) is 10.5 Å². The minimum atomic E-state index is -0.827. The molecule has 0 fully saturated rings. The Bertz CT molecular complexity index is 1490. The van der Waals surface area contributed by atoms with Gasteiger partial charge in [0.05, 0.1) is 27.0 Å². The molecular weight excluding hydrogens is 496 g/mol. The van der Waals surface area contributed by atoms with E-state index in [9.17, 15) is 10.1 Å². The van der Waals surface area contributed by atoms with Crippen molar-refractivity contribution in [3.8, 4) is 29.5 Å². The van der Waals surface area contributed by atoms with Gasteiger partial charge < -0.3 is 40.1 Å². The lowest BCUT2D eigenvalue weighted by molar-refractivity contribution is 0.0560. The maximum atomic E-state index is 11.7. The van der Waals surface area contributed by atoms with Crippen molar-refractivity contribution >= 4 is 29.3 Å². The lowest BCUT2D eigenvalue weighted by atomic mass is 9.94. The van der Waals surface area contributed by atoms with Crippen molar-refractivity contribution in [1.82, 2.24) is 10.3 Å². The van der Waals surface area contributed by atoms with Crippen molar-refractivity contribution < 1.29 is 28.2 Å². The van der Waals surface area contributed by atoms with E-state index in [2.05, 4.69) is 25.3 Å². The van der Waals surface area contributed by atoms with Crippen LogP contribution in [0.3, 0.4) is 0 Å². The van der Waals surface area contributed by atoms with Gasteiger partial charge in [0, 0.05) is 5.56 Å². The summed E-state index contributed by atoms with van der Waals surface area (Å²) in [5.74, 6) is 0.867. The number of benzene rings is 1. The number of carbonyl (C=O) groups excluding carboxylic acids is 1. The molecule has 0 radical (unpaired) electrons. The zero-order valence-corrected chi connectivity index (χ0v) is 20.5. The Morgan fingerprint density at radius 1 is 1.18 bits per heavy atom. The Hall–Kier alpha value is -5.63. The van der Waals surface area contributed by atoms with Gasteiger partial charge in [0.2, 0.25) is 17.5 Å². The Labute approximate surface area is 216 Å². The average Bonchev–Trinajstić information content (AvgIpc) is 3.39. The van der Waals surface area contributed by atoms with E-state index in [1.165, 1.54) is 27.4 Å². The summed E-state index contributed by atoms with van der Waals surface area (Å²) >= 11 is 0. The molecule has 0 amide bonds. The summed E-state index contributed by atoms with van der Waals surface area (Å²) < 4.78 is 27.1. The van der Waals surface area contributed by atoms with E-state index in [-0.39, 0.29) is 58.5 Å². The molecule has 1 unspecified atom stereocenters. The molecule has 0 aliphatic carbocycles. The van der Waals surface area contributed by atoms with Crippen LogP contribution in [0.4, 0.5) is 17.3 Å². The number of nitrogens with zero attached hydrogens (tertiary/aromatic N) is 4. The summed E-state index contributed by atoms with van der Waals surface area (Å²) in [6, 6.07) is 7.48. The second-order valence-electron chi connectivity index (χ2n) is 7.70. The molecule has 0 saturated carbocycles. The highest BCUT2D eigenvalue weighted by atomic mass is 16.5. The molecule has 3 aromatic rings. The summed E-state index contributed by atoms with van der Waals surface area (Å²) in [5, 5.41) is 24.0. The largest absolute Gasteiger partial charge is 0.493 e. The molecule has 2 aromatic heterocycles. The van der Waals surface area contributed by atoms with E-state index in [4.69, 9.17) is 35.4 Å². The highest BCUT2D eigenvalue weighted by Crippen LogP contribution is 2.46. The van der Waals surface area contributed by atoms with Gasteiger partial charge in [-0.05, 0) is 29.8 Å². The van der Waals surface area contributed by atoms with Gasteiger partial charge >= 0.3 is 5.97 Å². The van der Waals surface area contributed by atoms with Crippen molar-refractivity contribution in [2.45, 2.75) is 12.6 Å². The number of aromatic nitrogens is 1. The van der Waals surface area contributed by atoms with Gasteiger partial charge in [-0.1, -0.05) is 0 Å². The monoisotopic (exact) mass is 518 g/mol. The van der Waals surface area contributed by atoms with Crippen LogP contribution in [-0.2, 0) is 11.3 Å². The number of guanidine groups is 1. The van der Waals surface area contributed by atoms with Crippen LogP contribution in [0, 0.1) is 22.8 Å². The number of pyridine rings is 1. The minimum Gasteiger partial charge on any atom is -0.493 e. The number of hydrogen-bond acceptors (Lipinski definition) is 14. The summed E-state index contributed by atoms with van der Waals surface area (Å²) in [6.07, 6.45) is 1.80.